The van der Waals surface area contributed by atoms with Gasteiger partial charge < -0.3 is 10.2 Å². The minimum atomic E-state index is -3.55. The molecule has 0 bridgehead atoms. The van der Waals surface area contributed by atoms with Crippen LogP contribution in [0, 0.1) is 0 Å². The number of sulfone groups is 1. The monoisotopic (exact) mass is 428 g/mol. The van der Waals surface area contributed by atoms with Crippen LogP contribution in [0.15, 0.2) is 57.6 Å². The molecule has 0 radical (unpaired) electrons. The van der Waals surface area contributed by atoms with Gasteiger partial charge in [0.2, 0.25) is 9.84 Å². The molecule has 1 fully saturated rings. The number of rotatable bonds is 3. The van der Waals surface area contributed by atoms with E-state index in [2.05, 4.69) is 10.2 Å². The second-order valence-corrected chi connectivity index (χ2v) is 9.13. The summed E-state index contributed by atoms with van der Waals surface area (Å²) in [7, 11) is -3.55. The quantitative estimate of drug-likeness (QED) is 0.678. The van der Waals surface area contributed by atoms with Crippen LogP contribution in [0.1, 0.15) is 0 Å². The van der Waals surface area contributed by atoms with Gasteiger partial charge in [-0.1, -0.05) is 35.9 Å². The Kier molecular flexibility index (Phi) is 5.79. The van der Waals surface area contributed by atoms with Crippen molar-refractivity contribution in [1.29, 1.82) is 0 Å². The maximum atomic E-state index is 13.0. The number of hydrogen-bond donors (Lipinski definition) is 1. The van der Waals surface area contributed by atoms with E-state index in [1.165, 1.54) is 11.3 Å². The summed E-state index contributed by atoms with van der Waals surface area (Å²) in [6, 6.07) is 12.2. The summed E-state index contributed by atoms with van der Waals surface area (Å²) >= 11 is 7.92. The molecule has 1 aliphatic rings. The third-order valence-electron chi connectivity index (χ3n) is 4.41. The summed E-state index contributed by atoms with van der Waals surface area (Å²) in [6.45, 7) is 3.51. The first kappa shape index (κ1) is 19.5. The van der Waals surface area contributed by atoms with E-state index in [1.54, 1.807) is 35.7 Å². The summed E-state index contributed by atoms with van der Waals surface area (Å²) < 4.78 is 27.0. The van der Waals surface area contributed by atoms with Crippen molar-refractivity contribution >= 4 is 61.0 Å². The van der Waals surface area contributed by atoms with Crippen molar-refractivity contribution in [3.63, 3.8) is 0 Å². The summed E-state index contributed by atoms with van der Waals surface area (Å²) in [6.07, 6.45) is 0. The van der Waals surface area contributed by atoms with E-state index in [1.807, 2.05) is 12.1 Å². The average Bonchev–Trinajstić information content (AvgIpc) is 3.08. The fourth-order valence-electron chi connectivity index (χ4n) is 3.15. The zero-order chi connectivity index (χ0) is 17.4. The number of hydrogen-bond acceptors (Lipinski definition) is 5. The zero-order valence-corrected chi connectivity index (χ0v) is 17.0. The molecule has 3 aromatic rings. The zero-order valence-electron chi connectivity index (χ0n) is 13.8. The first-order valence-electron chi connectivity index (χ1n) is 8.04. The largest absolute Gasteiger partial charge is 0.367 e. The van der Waals surface area contributed by atoms with Gasteiger partial charge in [-0.05, 0) is 18.2 Å². The molecule has 0 unspecified atom stereocenters. The number of halogens is 2. The van der Waals surface area contributed by atoms with Gasteiger partial charge in [-0.2, -0.15) is 0 Å². The molecule has 2 heterocycles. The van der Waals surface area contributed by atoms with Gasteiger partial charge in [0.05, 0.1) is 25.2 Å². The van der Waals surface area contributed by atoms with E-state index in [0.717, 1.165) is 42.0 Å². The van der Waals surface area contributed by atoms with Crippen molar-refractivity contribution in [1.82, 2.24) is 5.32 Å². The van der Waals surface area contributed by atoms with Gasteiger partial charge >= 0.3 is 0 Å². The molecular formula is C18H18Cl2N2O2S2. The van der Waals surface area contributed by atoms with Crippen LogP contribution in [0.2, 0.25) is 5.02 Å². The standard InChI is InChI=1S/C18H17ClN2O2S2.ClH/c19-15-7-6-14-16(25(22,23)13-4-2-1-3-5-13)12-24-18(14)17(15)21-10-8-20-9-11-21;/h1-7,12,20H,8-11H2;1H. The molecule has 1 aromatic heterocycles. The fourth-order valence-corrected chi connectivity index (χ4v) is 6.44. The van der Waals surface area contributed by atoms with E-state index in [9.17, 15) is 8.42 Å². The van der Waals surface area contributed by atoms with Crippen LogP contribution in [-0.4, -0.2) is 34.6 Å². The molecule has 0 atom stereocenters. The van der Waals surface area contributed by atoms with Crippen LogP contribution in [0.4, 0.5) is 5.69 Å². The summed E-state index contributed by atoms with van der Waals surface area (Å²) in [5, 5.41) is 6.47. The van der Waals surface area contributed by atoms with Gasteiger partial charge in [0.25, 0.3) is 0 Å². The molecule has 1 N–H and O–H groups in total. The van der Waals surface area contributed by atoms with Crippen LogP contribution in [0.25, 0.3) is 10.1 Å². The van der Waals surface area contributed by atoms with Crippen LogP contribution in [-0.2, 0) is 9.84 Å². The van der Waals surface area contributed by atoms with E-state index < -0.39 is 9.84 Å². The summed E-state index contributed by atoms with van der Waals surface area (Å²) in [5.41, 5.74) is 0.945. The summed E-state index contributed by atoms with van der Waals surface area (Å²) in [4.78, 5) is 2.90. The first-order chi connectivity index (χ1) is 12.1. The van der Waals surface area contributed by atoms with Crippen molar-refractivity contribution in [2.24, 2.45) is 0 Å². The lowest BCUT2D eigenvalue weighted by molar-refractivity contribution is 0.590. The lowest BCUT2D eigenvalue weighted by Gasteiger charge is -2.30. The molecule has 0 saturated carbocycles. The van der Waals surface area contributed by atoms with E-state index >= 15 is 0 Å². The molecule has 0 aliphatic carbocycles. The van der Waals surface area contributed by atoms with Gasteiger partial charge in [0.1, 0.15) is 0 Å². The Morgan fingerprint density at radius 2 is 1.73 bits per heavy atom. The number of piperazine rings is 1. The molecule has 0 amide bonds. The van der Waals surface area contributed by atoms with Crippen LogP contribution in [0.5, 0.6) is 0 Å². The van der Waals surface area contributed by atoms with Crippen molar-refractivity contribution in [2.75, 3.05) is 31.1 Å². The van der Waals surface area contributed by atoms with Crippen molar-refractivity contribution in [3.05, 3.63) is 52.9 Å². The highest BCUT2D eigenvalue weighted by atomic mass is 35.5. The number of nitrogens with one attached hydrogen (secondary N) is 1. The average molecular weight is 429 g/mol. The Morgan fingerprint density at radius 3 is 2.42 bits per heavy atom. The van der Waals surface area contributed by atoms with Crippen molar-refractivity contribution < 1.29 is 8.42 Å². The normalized spacial score (nSPS) is 15.0. The third-order valence-corrected chi connectivity index (χ3v) is 7.67. The van der Waals surface area contributed by atoms with Crippen molar-refractivity contribution in [3.8, 4) is 0 Å². The van der Waals surface area contributed by atoms with E-state index in [4.69, 9.17) is 11.6 Å². The number of anilines is 1. The van der Waals surface area contributed by atoms with Crippen molar-refractivity contribution in [2.45, 2.75) is 9.79 Å². The number of fused-ring (bicyclic) bond motifs is 1. The smallest absolute Gasteiger partial charge is 0.208 e. The predicted molar refractivity (Wildman–Crippen MR) is 111 cm³/mol. The highest BCUT2D eigenvalue weighted by Gasteiger charge is 2.25. The van der Waals surface area contributed by atoms with Gasteiger partial charge in [-0.3, -0.25) is 0 Å². The SMILES string of the molecule is Cl.O=S(=O)(c1ccccc1)c1csc2c(N3CCNCC3)c(Cl)ccc12. The second-order valence-electron chi connectivity index (χ2n) is 5.93. The maximum absolute atomic E-state index is 13.0. The van der Waals surface area contributed by atoms with Gasteiger partial charge in [-0.25, -0.2) is 8.42 Å². The molecule has 4 nitrogen and oxygen atoms in total. The Hall–Kier alpha value is -1.31. The van der Waals surface area contributed by atoms with E-state index in [-0.39, 0.29) is 12.4 Å². The Balaban J connectivity index is 0.00000196. The molecule has 4 rings (SSSR count). The minimum Gasteiger partial charge on any atom is -0.367 e. The lowest BCUT2D eigenvalue weighted by Crippen LogP contribution is -2.43. The predicted octanol–water partition coefficient (Wildman–Crippen LogP) is 4.22. The maximum Gasteiger partial charge on any atom is 0.208 e. The molecule has 0 spiro atoms. The molecule has 26 heavy (non-hydrogen) atoms. The van der Waals surface area contributed by atoms with Gasteiger partial charge in [0.15, 0.2) is 0 Å². The molecular weight excluding hydrogens is 411 g/mol. The molecule has 1 saturated heterocycles. The minimum absolute atomic E-state index is 0. The molecule has 8 heteroatoms. The Morgan fingerprint density at radius 1 is 1.04 bits per heavy atom. The fraction of sp³-hybridized carbons (Fsp3) is 0.222. The van der Waals surface area contributed by atoms with E-state index in [0.29, 0.717) is 14.8 Å². The van der Waals surface area contributed by atoms with Crippen LogP contribution >= 0.6 is 35.3 Å². The van der Waals surface area contributed by atoms with Gasteiger partial charge in [0, 0.05) is 36.9 Å². The summed E-state index contributed by atoms with van der Waals surface area (Å²) in [5.74, 6) is 0. The highest BCUT2D eigenvalue weighted by molar-refractivity contribution is 7.92. The second kappa shape index (κ2) is 7.74. The third kappa shape index (κ3) is 3.32. The number of nitrogens with zero attached hydrogens (tertiary/aromatic N) is 1. The molecule has 2 aromatic carbocycles. The Bertz CT molecular complexity index is 1010. The lowest BCUT2D eigenvalue weighted by atomic mass is 10.2. The number of thiophene rings is 1. The van der Waals surface area contributed by atoms with Crippen LogP contribution in [0.3, 0.4) is 0 Å². The van der Waals surface area contributed by atoms with Gasteiger partial charge in [-0.15, -0.1) is 23.7 Å². The highest BCUT2D eigenvalue weighted by Crippen LogP contribution is 2.42. The topological polar surface area (TPSA) is 49.4 Å². The molecule has 138 valence electrons. The Labute approximate surface area is 168 Å². The first-order valence-corrected chi connectivity index (χ1v) is 10.8. The van der Waals surface area contributed by atoms with Crippen LogP contribution < -0.4 is 10.2 Å². The number of benzene rings is 2. The molecule has 1 aliphatic heterocycles.